The summed E-state index contributed by atoms with van der Waals surface area (Å²) in [6.45, 7) is 6.99. The number of unbranched alkanes of at least 4 members (excludes halogenated alkanes) is 32. The van der Waals surface area contributed by atoms with Crippen LogP contribution in [0.3, 0.4) is 0 Å². The third-order valence-electron chi connectivity index (χ3n) is 13.7. The largest absolute Gasteiger partial charge is 0.472 e. The van der Waals surface area contributed by atoms with Crippen molar-refractivity contribution in [1.29, 1.82) is 0 Å². The van der Waals surface area contributed by atoms with Crippen LogP contribution in [-0.2, 0) is 27.9 Å². The summed E-state index contributed by atoms with van der Waals surface area (Å²) in [5.74, 6) is -0.518. The summed E-state index contributed by atoms with van der Waals surface area (Å²) in [4.78, 5) is 37.7. The summed E-state index contributed by atoms with van der Waals surface area (Å²) in [6.07, 6.45) is 67.8. The van der Waals surface area contributed by atoms with Gasteiger partial charge in [-0.3, -0.25) is 18.6 Å². The molecule has 0 bridgehead atoms. The molecule has 0 radical (unpaired) electrons. The standard InChI is InChI=1S/C64H119N2O7P/c1-7-10-13-16-19-22-25-28-30-31-32-33-34-35-37-38-41-44-47-50-53-56-63(67)65-61(60-72-74(69,70)71-59-58-66(4,5)6)62(55-52-49-46-43-40-27-24-21-18-15-12-9-3)73-64(68)57-54-51-48-45-42-39-36-29-26-23-20-17-14-11-8-2/h19,22,28,30,32-33,35,37,52,55,61-62H,7-18,20-21,23-27,29,31,34,36,38-51,53-54,56-60H2,1-6H3,(H-,65,67,69,70)/p+1/b22-19-,30-28-,33-32-,37-35-,55-52-. The van der Waals surface area contributed by atoms with Gasteiger partial charge >= 0.3 is 13.8 Å². The van der Waals surface area contributed by atoms with Gasteiger partial charge in [0.05, 0.1) is 33.8 Å². The maximum Gasteiger partial charge on any atom is 0.472 e. The number of allylic oxidation sites excluding steroid dienone is 9. The second kappa shape index (κ2) is 54.1. The van der Waals surface area contributed by atoms with Crippen molar-refractivity contribution in [3.8, 4) is 0 Å². The molecule has 0 spiro atoms. The molecule has 432 valence electrons. The van der Waals surface area contributed by atoms with Gasteiger partial charge in [0, 0.05) is 12.8 Å². The lowest BCUT2D eigenvalue weighted by molar-refractivity contribution is -0.870. The Bertz CT molecular complexity index is 1450. The fraction of sp³-hybridized carbons (Fsp3) is 0.812. The predicted octanol–water partition coefficient (Wildman–Crippen LogP) is 19.1. The summed E-state index contributed by atoms with van der Waals surface area (Å²) in [5, 5.41) is 3.05. The van der Waals surface area contributed by atoms with Gasteiger partial charge < -0.3 is 19.4 Å². The monoisotopic (exact) mass is 1060 g/mol. The predicted molar refractivity (Wildman–Crippen MR) is 318 cm³/mol. The zero-order valence-electron chi connectivity index (χ0n) is 49.3. The Balaban J connectivity index is 5.28. The van der Waals surface area contributed by atoms with Crippen LogP contribution in [0.1, 0.15) is 284 Å². The first-order chi connectivity index (χ1) is 35.9. The number of hydrogen-bond donors (Lipinski definition) is 2. The molecule has 0 aromatic rings. The van der Waals surface area contributed by atoms with Gasteiger partial charge in [-0.25, -0.2) is 4.57 Å². The van der Waals surface area contributed by atoms with Crippen molar-refractivity contribution in [2.45, 2.75) is 296 Å². The third-order valence-corrected chi connectivity index (χ3v) is 14.7. The van der Waals surface area contributed by atoms with Crippen molar-refractivity contribution in [2.75, 3.05) is 40.9 Å². The highest BCUT2D eigenvalue weighted by Gasteiger charge is 2.30. The zero-order valence-corrected chi connectivity index (χ0v) is 50.2. The first kappa shape index (κ1) is 71.7. The molecule has 74 heavy (non-hydrogen) atoms. The number of carbonyl (C=O) groups is 2. The number of amides is 1. The van der Waals surface area contributed by atoms with Crippen molar-refractivity contribution >= 4 is 19.7 Å². The molecule has 3 atom stereocenters. The molecule has 1 amide bonds. The highest BCUT2D eigenvalue weighted by atomic mass is 31.2. The number of hydrogen-bond acceptors (Lipinski definition) is 6. The Morgan fingerprint density at radius 3 is 1.26 bits per heavy atom. The summed E-state index contributed by atoms with van der Waals surface area (Å²) in [7, 11) is 1.49. The van der Waals surface area contributed by atoms with E-state index in [9.17, 15) is 19.0 Å². The van der Waals surface area contributed by atoms with Crippen molar-refractivity contribution in [3.63, 3.8) is 0 Å². The average molecular weight is 1060 g/mol. The number of nitrogens with one attached hydrogen (secondary N) is 1. The Kier molecular flexibility index (Phi) is 52.4. The quantitative estimate of drug-likeness (QED) is 0.0205. The van der Waals surface area contributed by atoms with E-state index in [0.717, 1.165) is 96.3 Å². The SMILES string of the molecule is CCCCC/C=C\C/C=C\C/C=C\C/C=C\CCCCCCCC(=O)NC(COP(=O)(O)OCC[N+](C)(C)C)C(/C=C\CCCCCCCCCCCC)OC(=O)CCCCCCCCCCCCCCCCC. The Labute approximate surface area is 458 Å². The van der Waals surface area contributed by atoms with Gasteiger partial charge in [0.1, 0.15) is 19.3 Å². The number of rotatable bonds is 56. The Morgan fingerprint density at radius 2 is 0.824 bits per heavy atom. The lowest BCUT2D eigenvalue weighted by atomic mass is 10.0. The third kappa shape index (κ3) is 54.5. The molecule has 0 aliphatic heterocycles. The number of quaternary nitrogens is 1. The maximum atomic E-state index is 13.5. The van der Waals surface area contributed by atoms with E-state index >= 15 is 0 Å². The number of phosphoric ester groups is 1. The smallest absolute Gasteiger partial charge is 0.456 e. The molecule has 0 rings (SSSR count). The van der Waals surface area contributed by atoms with E-state index in [1.165, 1.54) is 154 Å². The van der Waals surface area contributed by atoms with Crippen molar-refractivity contribution < 1.29 is 37.3 Å². The minimum atomic E-state index is -4.45. The molecular formula is C64H120N2O7P+. The first-order valence-electron chi connectivity index (χ1n) is 31.1. The Morgan fingerprint density at radius 1 is 0.473 bits per heavy atom. The number of phosphoric acid groups is 1. The molecule has 0 aromatic carbocycles. The number of likely N-dealkylation sites (N-methyl/N-ethyl adjacent to an activating group) is 1. The van der Waals surface area contributed by atoms with Crippen molar-refractivity contribution in [3.05, 3.63) is 60.8 Å². The zero-order chi connectivity index (χ0) is 54.3. The van der Waals surface area contributed by atoms with Gasteiger partial charge in [-0.05, 0) is 76.7 Å². The fourth-order valence-electron chi connectivity index (χ4n) is 8.87. The highest BCUT2D eigenvalue weighted by Crippen LogP contribution is 2.43. The van der Waals surface area contributed by atoms with E-state index in [1.807, 2.05) is 33.3 Å². The lowest BCUT2D eigenvalue weighted by Crippen LogP contribution is -2.47. The molecule has 0 aromatic heterocycles. The molecule has 0 fully saturated rings. The molecule has 9 nitrogen and oxygen atoms in total. The maximum absolute atomic E-state index is 13.5. The van der Waals surface area contributed by atoms with Gasteiger partial charge in [-0.15, -0.1) is 0 Å². The average Bonchev–Trinajstić information content (AvgIpc) is 3.36. The molecule has 0 aliphatic rings. The lowest BCUT2D eigenvalue weighted by Gasteiger charge is -2.27. The van der Waals surface area contributed by atoms with Crippen LogP contribution in [0.4, 0.5) is 0 Å². The van der Waals surface area contributed by atoms with Crippen molar-refractivity contribution in [1.82, 2.24) is 5.32 Å². The molecule has 3 unspecified atom stereocenters. The van der Waals surface area contributed by atoms with E-state index in [0.29, 0.717) is 17.4 Å². The molecule has 0 heterocycles. The van der Waals surface area contributed by atoms with Crippen LogP contribution in [0.5, 0.6) is 0 Å². The molecule has 0 saturated heterocycles. The topological polar surface area (TPSA) is 111 Å². The second-order valence-corrected chi connectivity index (χ2v) is 23.7. The van der Waals surface area contributed by atoms with Gasteiger partial charge in [0.2, 0.25) is 5.91 Å². The van der Waals surface area contributed by atoms with Crippen LogP contribution in [0.25, 0.3) is 0 Å². The summed E-state index contributed by atoms with van der Waals surface area (Å²) in [6, 6.07) is -0.857. The van der Waals surface area contributed by atoms with Crippen LogP contribution >= 0.6 is 7.82 Å². The first-order valence-corrected chi connectivity index (χ1v) is 32.6. The number of esters is 1. The van der Waals surface area contributed by atoms with E-state index in [-0.39, 0.29) is 31.5 Å². The van der Waals surface area contributed by atoms with Gasteiger partial charge in [-0.1, -0.05) is 255 Å². The molecule has 10 heteroatoms. The second-order valence-electron chi connectivity index (χ2n) is 22.2. The number of carbonyl (C=O) groups excluding carboxylic acids is 2. The van der Waals surface area contributed by atoms with E-state index in [4.69, 9.17) is 13.8 Å². The van der Waals surface area contributed by atoms with Crippen LogP contribution in [0, 0.1) is 0 Å². The van der Waals surface area contributed by atoms with Crippen LogP contribution < -0.4 is 5.32 Å². The van der Waals surface area contributed by atoms with Gasteiger partial charge in [0.15, 0.2) is 0 Å². The minimum Gasteiger partial charge on any atom is -0.456 e. The Hall–Kier alpha value is -2.29. The minimum absolute atomic E-state index is 0.0360. The summed E-state index contributed by atoms with van der Waals surface area (Å²) in [5.41, 5.74) is 0. The van der Waals surface area contributed by atoms with Crippen LogP contribution in [0.15, 0.2) is 60.8 Å². The van der Waals surface area contributed by atoms with Gasteiger partial charge in [-0.2, -0.15) is 0 Å². The van der Waals surface area contributed by atoms with E-state index in [2.05, 4.69) is 74.7 Å². The summed E-state index contributed by atoms with van der Waals surface area (Å²) < 4.78 is 30.7. The molecule has 0 saturated carbocycles. The molecular weight excluding hydrogens is 940 g/mol. The van der Waals surface area contributed by atoms with Crippen LogP contribution in [-0.4, -0.2) is 74.3 Å². The molecule has 0 aliphatic carbocycles. The van der Waals surface area contributed by atoms with E-state index in [1.54, 1.807) is 0 Å². The number of nitrogens with zero attached hydrogens (tertiary/aromatic N) is 1. The van der Waals surface area contributed by atoms with E-state index < -0.39 is 20.0 Å². The van der Waals surface area contributed by atoms with Crippen molar-refractivity contribution in [2.24, 2.45) is 0 Å². The highest BCUT2D eigenvalue weighted by molar-refractivity contribution is 7.47. The summed E-state index contributed by atoms with van der Waals surface area (Å²) >= 11 is 0. The normalized spacial score (nSPS) is 14.1. The fourth-order valence-corrected chi connectivity index (χ4v) is 9.60. The van der Waals surface area contributed by atoms with Gasteiger partial charge in [0.25, 0.3) is 0 Å². The number of ether oxygens (including phenoxy) is 1. The molecule has 2 N–H and O–H groups in total. The van der Waals surface area contributed by atoms with Crippen LogP contribution in [0.2, 0.25) is 0 Å².